The number of nitrogens with zero attached hydrogens (tertiary/aromatic N) is 3. The predicted octanol–water partition coefficient (Wildman–Crippen LogP) is 4.78. The Bertz CT molecular complexity index is 1140. The first-order valence-electron chi connectivity index (χ1n) is 11.3. The van der Waals surface area contributed by atoms with Gasteiger partial charge in [-0.1, -0.05) is 6.07 Å². The molecule has 2 aromatic heterocycles. The third-order valence-corrected chi connectivity index (χ3v) is 7.79. The number of Topliss-reactive ketones (excluding diaryl/α,β-unsaturated/α-hetero) is 1. The standard InChI is InChI=1S/C25H28N4O3S/c1-16(30)17-5-7-19(8-6-17)26-25(31)32-15-20-12-18-9-10-29(20)14-21(18)23-13-22(27-28(23)2)24-4-3-11-33-24/h3-8,11,13,18,20-21H,9-10,12,14-15H2,1-2H3,(H,26,31)/t18-,20-,21+/m1/s1. The van der Waals surface area contributed by atoms with Crippen LogP contribution in [0, 0.1) is 5.92 Å². The molecule has 1 aromatic carbocycles. The fourth-order valence-corrected chi connectivity index (χ4v) is 5.82. The van der Waals surface area contributed by atoms with Gasteiger partial charge in [0.25, 0.3) is 0 Å². The number of ketones is 1. The quantitative estimate of drug-likeness (QED) is 0.532. The first-order valence-corrected chi connectivity index (χ1v) is 12.2. The molecule has 5 heterocycles. The molecule has 3 aliphatic heterocycles. The molecule has 3 aliphatic rings. The molecule has 7 nitrogen and oxygen atoms in total. The minimum atomic E-state index is -0.461. The molecule has 4 atom stereocenters. The number of aromatic nitrogens is 2. The number of carbonyl (C=O) groups excluding carboxylic acids is 2. The number of anilines is 1. The van der Waals surface area contributed by atoms with Crippen molar-refractivity contribution in [1.29, 1.82) is 0 Å². The van der Waals surface area contributed by atoms with Crippen LogP contribution in [0.5, 0.6) is 0 Å². The van der Waals surface area contributed by atoms with Crippen LogP contribution in [0.25, 0.3) is 10.6 Å². The van der Waals surface area contributed by atoms with Crippen molar-refractivity contribution < 1.29 is 14.3 Å². The van der Waals surface area contributed by atoms with Gasteiger partial charge in [0, 0.05) is 42.5 Å². The van der Waals surface area contributed by atoms with Gasteiger partial charge in [0.05, 0.1) is 4.88 Å². The summed E-state index contributed by atoms with van der Waals surface area (Å²) in [7, 11) is 2.04. The van der Waals surface area contributed by atoms with Crippen molar-refractivity contribution in [2.45, 2.75) is 31.7 Å². The number of piperidine rings is 3. The van der Waals surface area contributed by atoms with Crippen LogP contribution >= 0.6 is 11.3 Å². The Morgan fingerprint density at radius 3 is 2.73 bits per heavy atom. The lowest BCUT2D eigenvalue weighted by Gasteiger charge is -2.49. The molecule has 1 N–H and O–H groups in total. The number of amides is 1. The Balaban J connectivity index is 1.17. The van der Waals surface area contributed by atoms with E-state index >= 15 is 0 Å². The van der Waals surface area contributed by atoms with Crippen molar-refractivity contribution in [2.24, 2.45) is 13.0 Å². The first-order chi connectivity index (χ1) is 16.0. The summed E-state index contributed by atoms with van der Waals surface area (Å²) in [5.41, 5.74) is 3.57. The van der Waals surface area contributed by atoms with Crippen molar-refractivity contribution in [3.8, 4) is 10.6 Å². The number of rotatable bonds is 6. The SMILES string of the molecule is CC(=O)c1ccc(NC(=O)OC[C@H]2C[C@H]3CCN2C[C@@H]3c2cc(-c3cccs3)nn2C)cc1. The lowest BCUT2D eigenvalue weighted by molar-refractivity contribution is -0.00222. The minimum Gasteiger partial charge on any atom is -0.448 e. The Kier molecular flexibility index (Phi) is 6.03. The second-order valence-electron chi connectivity index (χ2n) is 8.95. The molecule has 3 saturated heterocycles. The number of benzene rings is 1. The zero-order chi connectivity index (χ0) is 22.9. The summed E-state index contributed by atoms with van der Waals surface area (Å²) >= 11 is 1.72. The van der Waals surface area contributed by atoms with E-state index in [2.05, 4.69) is 33.8 Å². The number of nitrogens with one attached hydrogen (secondary N) is 1. The smallest absolute Gasteiger partial charge is 0.411 e. The van der Waals surface area contributed by atoms with E-state index < -0.39 is 6.09 Å². The molecule has 0 spiro atoms. The maximum absolute atomic E-state index is 12.3. The number of aryl methyl sites for hydroxylation is 1. The van der Waals surface area contributed by atoms with Crippen molar-refractivity contribution in [3.63, 3.8) is 0 Å². The van der Waals surface area contributed by atoms with Gasteiger partial charge in [0.1, 0.15) is 12.3 Å². The number of carbonyl (C=O) groups is 2. The van der Waals surface area contributed by atoms with E-state index in [0.29, 0.717) is 29.7 Å². The van der Waals surface area contributed by atoms with E-state index in [1.807, 2.05) is 11.7 Å². The van der Waals surface area contributed by atoms with Crippen LogP contribution in [0.15, 0.2) is 47.8 Å². The average molecular weight is 465 g/mol. The van der Waals surface area contributed by atoms with Crippen LogP contribution < -0.4 is 5.32 Å². The Morgan fingerprint density at radius 1 is 1.24 bits per heavy atom. The highest BCUT2D eigenvalue weighted by Gasteiger charge is 2.42. The van der Waals surface area contributed by atoms with Crippen LogP contribution in [0.3, 0.4) is 0 Å². The summed E-state index contributed by atoms with van der Waals surface area (Å²) < 4.78 is 7.60. The highest BCUT2D eigenvalue weighted by molar-refractivity contribution is 7.13. The number of hydrogen-bond donors (Lipinski definition) is 1. The zero-order valence-corrected chi connectivity index (χ0v) is 19.7. The molecule has 1 amide bonds. The van der Waals surface area contributed by atoms with Gasteiger partial charge in [-0.25, -0.2) is 4.79 Å². The monoisotopic (exact) mass is 464 g/mol. The van der Waals surface area contributed by atoms with Crippen LogP contribution in [0.2, 0.25) is 0 Å². The van der Waals surface area contributed by atoms with E-state index in [1.54, 1.807) is 35.6 Å². The molecule has 0 radical (unpaired) electrons. The van der Waals surface area contributed by atoms with Gasteiger partial charge >= 0.3 is 6.09 Å². The summed E-state index contributed by atoms with van der Waals surface area (Å²) in [4.78, 5) is 27.3. The average Bonchev–Trinajstić information content (AvgIpc) is 3.48. The zero-order valence-electron chi connectivity index (χ0n) is 18.9. The van der Waals surface area contributed by atoms with Gasteiger partial charge in [-0.05, 0) is 74.0 Å². The van der Waals surface area contributed by atoms with E-state index in [0.717, 1.165) is 31.6 Å². The molecule has 0 aliphatic carbocycles. The normalized spacial score (nSPS) is 23.9. The van der Waals surface area contributed by atoms with E-state index in [4.69, 9.17) is 9.84 Å². The first kappa shape index (κ1) is 21.9. The molecule has 2 bridgehead atoms. The Morgan fingerprint density at radius 2 is 2.06 bits per heavy atom. The topological polar surface area (TPSA) is 76.5 Å². The van der Waals surface area contributed by atoms with Crippen molar-refractivity contribution in [2.75, 3.05) is 25.0 Å². The minimum absolute atomic E-state index is 0.00213. The number of hydrogen-bond acceptors (Lipinski definition) is 6. The van der Waals surface area contributed by atoms with Gasteiger partial charge in [0.15, 0.2) is 5.78 Å². The number of thiophene rings is 1. The maximum Gasteiger partial charge on any atom is 0.411 e. The molecule has 3 aromatic rings. The largest absolute Gasteiger partial charge is 0.448 e. The Labute approximate surface area is 197 Å². The van der Waals surface area contributed by atoms with Gasteiger partial charge < -0.3 is 4.74 Å². The van der Waals surface area contributed by atoms with E-state index in [-0.39, 0.29) is 11.8 Å². The van der Waals surface area contributed by atoms with E-state index in [9.17, 15) is 9.59 Å². The number of ether oxygens (including phenoxy) is 1. The Hall–Kier alpha value is -2.97. The lowest BCUT2D eigenvalue weighted by Crippen LogP contribution is -2.54. The fraction of sp³-hybridized carbons (Fsp3) is 0.400. The molecule has 1 unspecified atom stereocenters. The highest BCUT2D eigenvalue weighted by Crippen LogP contribution is 2.42. The molecule has 33 heavy (non-hydrogen) atoms. The molecular weight excluding hydrogens is 436 g/mol. The highest BCUT2D eigenvalue weighted by atomic mass is 32.1. The molecule has 6 rings (SSSR count). The third-order valence-electron chi connectivity index (χ3n) is 6.89. The fourth-order valence-electron chi connectivity index (χ4n) is 5.13. The van der Waals surface area contributed by atoms with Gasteiger partial charge in [-0.15, -0.1) is 11.3 Å². The van der Waals surface area contributed by atoms with Crippen molar-refractivity contribution >= 4 is 28.9 Å². The second kappa shape index (κ2) is 9.11. The summed E-state index contributed by atoms with van der Waals surface area (Å²) in [6.07, 6.45) is 1.72. The lowest BCUT2D eigenvalue weighted by atomic mass is 9.74. The van der Waals surface area contributed by atoms with E-state index in [1.165, 1.54) is 17.5 Å². The summed E-state index contributed by atoms with van der Waals surface area (Å²) in [6, 6.07) is 13.5. The van der Waals surface area contributed by atoms with Crippen molar-refractivity contribution in [1.82, 2.24) is 14.7 Å². The summed E-state index contributed by atoms with van der Waals surface area (Å²) in [6.45, 7) is 3.91. The molecule has 3 fully saturated rings. The van der Waals surface area contributed by atoms with Crippen LogP contribution in [0.4, 0.5) is 10.5 Å². The molecule has 8 heteroatoms. The maximum atomic E-state index is 12.3. The molecular formula is C25H28N4O3S. The van der Waals surface area contributed by atoms with Crippen LogP contribution in [-0.4, -0.2) is 52.3 Å². The molecule has 0 saturated carbocycles. The second-order valence-corrected chi connectivity index (χ2v) is 9.90. The van der Waals surface area contributed by atoms with Crippen LogP contribution in [0.1, 0.15) is 41.7 Å². The van der Waals surface area contributed by atoms with Crippen molar-refractivity contribution in [3.05, 3.63) is 59.1 Å². The predicted molar refractivity (Wildman–Crippen MR) is 129 cm³/mol. The van der Waals surface area contributed by atoms with Gasteiger partial charge in [-0.2, -0.15) is 5.10 Å². The summed E-state index contributed by atoms with van der Waals surface area (Å²) in [5.74, 6) is 1.02. The third kappa shape index (κ3) is 4.58. The van der Waals surface area contributed by atoms with Crippen LogP contribution in [-0.2, 0) is 11.8 Å². The van der Waals surface area contributed by atoms with Gasteiger partial charge in [-0.3, -0.25) is 19.7 Å². The number of fused-ring (bicyclic) bond motifs is 3. The molecule has 172 valence electrons. The van der Waals surface area contributed by atoms with Gasteiger partial charge in [0.2, 0.25) is 0 Å². The summed E-state index contributed by atoms with van der Waals surface area (Å²) in [5, 5.41) is 9.59.